The molecule has 0 amide bonds. The van der Waals surface area contributed by atoms with Crippen molar-refractivity contribution in [3.63, 3.8) is 0 Å². The first-order chi connectivity index (χ1) is 7.44. The van der Waals surface area contributed by atoms with Crippen LogP contribution in [0.2, 0.25) is 0 Å². The van der Waals surface area contributed by atoms with Gasteiger partial charge >= 0.3 is 0 Å². The number of hydrogen-bond acceptors (Lipinski definition) is 3. The second kappa shape index (κ2) is 5.30. The Bertz CT molecular complexity index is 336. The van der Waals surface area contributed by atoms with Crippen LogP contribution in [-0.2, 0) is 4.74 Å². The van der Waals surface area contributed by atoms with Crippen LogP contribution in [0.1, 0.15) is 32.8 Å². The first kappa shape index (κ1) is 13.0. The predicted octanol–water partition coefficient (Wildman–Crippen LogP) is 3.01. The van der Waals surface area contributed by atoms with Crippen molar-refractivity contribution in [1.82, 2.24) is 4.98 Å². The van der Waals surface area contributed by atoms with E-state index in [4.69, 9.17) is 4.74 Å². The third-order valence-corrected chi connectivity index (χ3v) is 2.74. The van der Waals surface area contributed by atoms with Crippen molar-refractivity contribution in [3.8, 4) is 0 Å². The second-order valence-corrected chi connectivity index (χ2v) is 4.88. The molecule has 3 nitrogen and oxygen atoms in total. The number of nitrogens with zero attached hydrogens (tertiary/aromatic N) is 1. The summed E-state index contributed by atoms with van der Waals surface area (Å²) in [5.41, 5.74) is 1.07. The van der Waals surface area contributed by atoms with Crippen molar-refractivity contribution >= 4 is 5.82 Å². The van der Waals surface area contributed by atoms with Gasteiger partial charge in [0.1, 0.15) is 5.82 Å². The van der Waals surface area contributed by atoms with Gasteiger partial charge in [-0.05, 0) is 45.7 Å². The Morgan fingerprint density at radius 1 is 1.50 bits per heavy atom. The SMILES string of the molecule is COC(C)(C)CC(C)Nc1ncccc1C. The summed E-state index contributed by atoms with van der Waals surface area (Å²) >= 11 is 0. The van der Waals surface area contributed by atoms with Crippen molar-refractivity contribution in [2.24, 2.45) is 0 Å². The standard InChI is InChI=1S/C13H22N2O/c1-10-7-6-8-14-12(10)15-11(2)9-13(3,4)16-5/h6-8,11H,9H2,1-5H3,(H,14,15). The number of nitrogens with one attached hydrogen (secondary N) is 1. The summed E-state index contributed by atoms with van der Waals surface area (Å²) < 4.78 is 5.42. The number of aromatic nitrogens is 1. The van der Waals surface area contributed by atoms with Crippen LogP contribution in [0.3, 0.4) is 0 Å². The Labute approximate surface area is 98.2 Å². The van der Waals surface area contributed by atoms with E-state index in [0.29, 0.717) is 6.04 Å². The second-order valence-electron chi connectivity index (χ2n) is 4.88. The zero-order chi connectivity index (χ0) is 12.2. The molecule has 0 aliphatic carbocycles. The number of rotatable bonds is 5. The van der Waals surface area contributed by atoms with Gasteiger partial charge < -0.3 is 10.1 Å². The van der Waals surface area contributed by atoms with Crippen LogP contribution in [0.4, 0.5) is 5.82 Å². The highest BCUT2D eigenvalue weighted by molar-refractivity contribution is 5.43. The van der Waals surface area contributed by atoms with Crippen LogP contribution in [0.5, 0.6) is 0 Å². The van der Waals surface area contributed by atoms with Gasteiger partial charge in [0, 0.05) is 19.3 Å². The topological polar surface area (TPSA) is 34.1 Å². The number of anilines is 1. The minimum absolute atomic E-state index is 0.102. The van der Waals surface area contributed by atoms with E-state index in [9.17, 15) is 0 Å². The molecule has 0 spiro atoms. The molecule has 16 heavy (non-hydrogen) atoms. The van der Waals surface area contributed by atoms with Gasteiger partial charge in [-0.1, -0.05) is 6.07 Å². The zero-order valence-electron chi connectivity index (χ0n) is 10.9. The summed E-state index contributed by atoms with van der Waals surface area (Å²) in [7, 11) is 1.75. The predicted molar refractivity (Wildman–Crippen MR) is 67.8 cm³/mol. The van der Waals surface area contributed by atoms with E-state index in [0.717, 1.165) is 12.2 Å². The molecule has 1 N–H and O–H groups in total. The number of hydrogen-bond donors (Lipinski definition) is 1. The van der Waals surface area contributed by atoms with Gasteiger partial charge in [-0.15, -0.1) is 0 Å². The third kappa shape index (κ3) is 3.81. The molecule has 90 valence electrons. The van der Waals surface area contributed by atoms with Crippen LogP contribution in [0, 0.1) is 6.92 Å². The molecule has 1 rings (SSSR count). The van der Waals surface area contributed by atoms with Crippen molar-refractivity contribution in [2.75, 3.05) is 12.4 Å². The largest absolute Gasteiger partial charge is 0.379 e. The average Bonchev–Trinajstić information content (AvgIpc) is 2.21. The van der Waals surface area contributed by atoms with Gasteiger partial charge in [-0.2, -0.15) is 0 Å². The fourth-order valence-corrected chi connectivity index (χ4v) is 1.74. The lowest BCUT2D eigenvalue weighted by molar-refractivity contribution is 0.0127. The first-order valence-corrected chi connectivity index (χ1v) is 5.68. The highest BCUT2D eigenvalue weighted by Crippen LogP contribution is 2.19. The Morgan fingerprint density at radius 3 is 2.75 bits per heavy atom. The summed E-state index contributed by atoms with van der Waals surface area (Å²) in [6, 6.07) is 4.34. The van der Waals surface area contributed by atoms with Crippen molar-refractivity contribution in [3.05, 3.63) is 23.9 Å². The molecule has 0 saturated heterocycles. The molecule has 0 aliphatic heterocycles. The molecule has 0 aromatic carbocycles. The summed E-state index contributed by atoms with van der Waals surface area (Å²) in [5.74, 6) is 0.960. The molecule has 0 radical (unpaired) electrons. The monoisotopic (exact) mass is 222 g/mol. The molecular formula is C13H22N2O. The van der Waals surface area contributed by atoms with E-state index in [2.05, 4.69) is 44.1 Å². The number of ether oxygens (including phenoxy) is 1. The normalized spacial score (nSPS) is 13.6. The Hall–Kier alpha value is -1.09. The maximum Gasteiger partial charge on any atom is 0.129 e. The molecule has 1 aromatic heterocycles. The molecular weight excluding hydrogens is 200 g/mol. The van der Waals surface area contributed by atoms with E-state index < -0.39 is 0 Å². The molecule has 0 bridgehead atoms. The van der Waals surface area contributed by atoms with Gasteiger partial charge in [0.2, 0.25) is 0 Å². The minimum atomic E-state index is -0.102. The number of pyridine rings is 1. The lowest BCUT2D eigenvalue weighted by atomic mass is 10.00. The highest BCUT2D eigenvalue weighted by Gasteiger charge is 2.20. The van der Waals surface area contributed by atoms with Crippen LogP contribution < -0.4 is 5.32 Å². The van der Waals surface area contributed by atoms with Gasteiger partial charge in [0.15, 0.2) is 0 Å². The maximum atomic E-state index is 5.42. The fourth-order valence-electron chi connectivity index (χ4n) is 1.74. The summed E-state index contributed by atoms with van der Waals surface area (Å²) in [4.78, 5) is 4.32. The van der Waals surface area contributed by atoms with Gasteiger partial charge in [0.05, 0.1) is 5.60 Å². The van der Waals surface area contributed by atoms with E-state index in [1.807, 2.05) is 12.3 Å². The van der Waals surface area contributed by atoms with Crippen molar-refractivity contribution in [2.45, 2.75) is 45.8 Å². The Morgan fingerprint density at radius 2 is 2.19 bits per heavy atom. The third-order valence-electron chi connectivity index (χ3n) is 2.74. The maximum absolute atomic E-state index is 5.42. The molecule has 0 aliphatic rings. The lowest BCUT2D eigenvalue weighted by Gasteiger charge is -2.27. The van der Waals surface area contributed by atoms with E-state index >= 15 is 0 Å². The van der Waals surface area contributed by atoms with Crippen LogP contribution in [0.15, 0.2) is 18.3 Å². The van der Waals surface area contributed by atoms with Gasteiger partial charge in [-0.25, -0.2) is 4.98 Å². The van der Waals surface area contributed by atoms with E-state index in [-0.39, 0.29) is 5.60 Å². The van der Waals surface area contributed by atoms with Crippen LogP contribution >= 0.6 is 0 Å². The summed E-state index contributed by atoms with van der Waals surface area (Å²) in [6.07, 6.45) is 2.75. The summed E-state index contributed by atoms with van der Waals surface area (Å²) in [5, 5.41) is 3.41. The van der Waals surface area contributed by atoms with Crippen molar-refractivity contribution < 1.29 is 4.74 Å². The highest BCUT2D eigenvalue weighted by atomic mass is 16.5. The number of methoxy groups -OCH3 is 1. The van der Waals surface area contributed by atoms with E-state index in [1.54, 1.807) is 7.11 Å². The Balaban J connectivity index is 2.58. The molecule has 0 fully saturated rings. The molecule has 1 unspecified atom stereocenters. The zero-order valence-corrected chi connectivity index (χ0v) is 10.9. The van der Waals surface area contributed by atoms with E-state index in [1.165, 1.54) is 5.56 Å². The smallest absolute Gasteiger partial charge is 0.129 e. The Kier molecular flexibility index (Phi) is 4.30. The average molecular weight is 222 g/mol. The van der Waals surface area contributed by atoms with Crippen LogP contribution in [-0.4, -0.2) is 23.7 Å². The molecule has 3 heteroatoms. The first-order valence-electron chi connectivity index (χ1n) is 5.68. The van der Waals surface area contributed by atoms with Gasteiger partial charge in [0.25, 0.3) is 0 Å². The summed E-state index contributed by atoms with van der Waals surface area (Å²) in [6.45, 7) is 8.39. The fraction of sp³-hybridized carbons (Fsp3) is 0.615. The molecule has 1 aromatic rings. The molecule has 0 saturated carbocycles. The lowest BCUT2D eigenvalue weighted by Crippen LogP contribution is -2.31. The molecule has 1 atom stereocenters. The quantitative estimate of drug-likeness (QED) is 0.831. The number of aryl methyl sites for hydroxylation is 1. The van der Waals surface area contributed by atoms with Crippen LogP contribution in [0.25, 0.3) is 0 Å². The molecule has 1 heterocycles. The minimum Gasteiger partial charge on any atom is -0.379 e. The van der Waals surface area contributed by atoms with Gasteiger partial charge in [-0.3, -0.25) is 0 Å². The van der Waals surface area contributed by atoms with Crippen molar-refractivity contribution in [1.29, 1.82) is 0 Å².